The van der Waals surface area contributed by atoms with E-state index in [2.05, 4.69) is 31.9 Å². The van der Waals surface area contributed by atoms with E-state index in [0.717, 1.165) is 17.7 Å². The van der Waals surface area contributed by atoms with Crippen LogP contribution in [0.15, 0.2) is 22.9 Å². The SMILES string of the molecule is Brc1ccc(N2CC3CC(C2)O3)cn1. The molecule has 0 spiro atoms. The Labute approximate surface area is 91.2 Å². The van der Waals surface area contributed by atoms with Crippen LogP contribution in [-0.4, -0.2) is 30.3 Å². The van der Waals surface area contributed by atoms with E-state index in [4.69, 9.17) is 4.74 Å². The maximum Gasteiger partial charge on any atom is 0.106 e. The van der Waals surface area contributed by atoms with E-state index >= 15 is 0 Å². The Morgan fingerprint density at radius 1 is 1.36 bits per heavy atom. The molecule has 0 N–H and O–H groups in total. The van der Waals surface area contributed by atoms with Crippen LogP contribution < -0.4 is 4.90 Å². The Balaban J connectivity index is 1.79. The fraction of sp³-hybridized carbons (Fsp3) is 0.500. The lowest BCUT2D eigenvalue weighted by atomic mass is 9.98. The van der Waals surface area contributed by atoms with Crippen LogP contribution in [0.25, 0.3) is 0 Å². The quantitative estimate of drug-likeness (QED) is 0.716. The predicted molar refractivity (Wildman–Crippen MR) is 57.4 cm³/mol. The lowest BCUT2D eigenvalue weighted by Crippen LogP contribution is -2.57. The third-order valence-electron chi connectivity index (χ3n) is 2.84. The van der Waals surface area contributed by atoms with E-state index in [1.165, 1.54) is 12.1 Å². The molecule has 74 valence electrons. The summed E-state index contributed by atoms with van der Waals surface area (Å²) >= 11 is 3.34. The smallest absolute Gasteiger partial charge is 0.106 e. The van der Waals surface area contributed by atoms with Crippen molar-refractivity contribution in [3.8, 4) is 0 Å². The van der Waals surface area contributed by atoms with Gasteiger partial charge in [-0.25, -0.2) is 4.98 Å². The number of aromatic nitrogens is 1. The van der Waals surface area contributed by atoms with Crippen LogP contribution >= 0.6 is 15.9 Å². The molecule has 4 rings (SSSR count). The minimum absolute atomic E-state index is 0.456. The largest absolute Gasteiger partial charge is 0.371 e. The molecule has 0 radical (unpaired) electrons. The standard InChI is InChI=1S/C10H11BrN2O/c11-10-2-1-7(4-12-10)13-5-8-3-9(6-13)14-8/h1-2,4,8-9H,3,5-6H2. The number of pyridine rings is 1. The van der Waals surface area contributed by atoms with Crippen molar-refractivity contribution in [1.82, 2.24) is 4.98 Å². The second kappa shape index (κ2) is 3.21. The van der Waals surface area contributed by atoms with Crippen LogP contribution in [0.5, 0.6) is 0 Å². The number of morpholine rings is 1. The van der Waals surface area contributed by atoms with Gasteiger partial charge in [0.1, 0.15) is 4.60 Å². The molecule has 1 aromatic rings. The van der Waals surface area contributed by atoms with Gasteiger partial charge in [-0.15, -0.1) is 0 Å². The number of fused-ring (bicyclic) bond motifs is 2. The van der Waals surface area contributed by atoms with Crippen LogP contribution in [-0.2, 0) is 4.74 Å². The third-order valence-corrected chi connectivity index (χ3v) is 3.30. The van der Waals surface area contributed by atoms with Gasteiger partial charge in [-0.3, -0.25) is 0 Å². The van der Waals surface area contributed by atoms with E-state index in [1.807, 2.05) is 12.3 Å². The Morgan fingerprint density at radius 3 is 2.64 bits per heavy atom. The van der Waals surface area contributed by atoms with Crippen LogP contribution in [0.4, 0.5) is 5.69 Å². The summed E-state index contributed by atoms with van der Waals surface area (Å²) in [7, 11) is 0. The molecule has 2 atom stereocenters. The van der Waals surface area contributed by atoms with E-state index < -0.39 is 0 Å². The third kappa shape index (κ3) is 1.42. The van der Waals surface area contributed by atoms with Gasteiger partial charge >= 0.3 is 0 Å². The van der Waals surface area contributed by atoms with Crippen molar-refractivity contribution in [3.63, 3.8) is 0 Å². The number of ether oxygens (including phenoxy) is 1. The Morgan fingerprint density at radius 2 is 2.07 bits per heavy atom. The van der Waals surface area contributed by atoms with Gasteiger partial charge < -0.3 is 9.64 Å². The summed E-state index contributed by atoms with van der Waals surface area (Å²) in [5, 5.41) is 0. The van der Waals surface area contributed by atoms with Crippen molar-refractivity contribution in [1.29, 1.82) is 0 Å². The van der Waals surface area contributed by atoms with E-state index in [-0.39, 0.29) is 0 Å². The zero-order valence-corrected chi connectivity index (χ0v) is 9.27. The Bertz CT molecular complexity index is 324. The highest BCUT2D eigenvalue weighted by atomic mass is 79.9. The van der Waals surface area contributed by atoms with Crippen molar-refractivity contribution in [2.75, 3.05) is 18.0 Å². The fourth-order valence-corrected chi connectivity index (χ4v) is 2.36. The highest BCUT2D eigenvalue weighted by molar-refractivity contribution is 9.10. The number of halogens is 1. The first-order valence-electron chi connectivity index (χ1n) is 4.83. The minimum atomic E-state index is 0.456. The molecule has 3 nitrogen and oxygen atoms in total. The molecule has 0 aliphatic carbocycles. The average molecular weight is 255 g/mol. The summed E-state index contributed by atoms with van der Waals surface area (Å²) in [6, 6.07) is 4.08. The van der Waals surface area contributed by atoms with Gasteiger partial charge in [0.15, 0.2) is 0 Å². The van der Waals surface area contributed by atoms with Gasteiger partial charge in [-0.1, -0.05) is 0 Å². The summed E-state index contributed by atoms with van der Waals surface area (Å²) in [5.41, 5.74) is 1.20. The van der Waals surface area contributed by atoms with Crippen molar-refractivity contribution >= 4 is 21.6 Å². The number of rotatable bonds is 1. The molecule has 3 saturated heterocycles. The second-order valence-electron chi connectivity index (χ2n) is 3.86. The topological polar surface area (TPSA) is 25.4 Å². The number of hydrogen-bond donors (Lipinski definition) is 0. The highest BCUT2D eigenvalue weighted by Crippen LogP contribution is 2.30. The summed E-state index contributed by atoms with van der Waals surface area (Å²) in [6.45, 7) is 2.03. The molecular formula is C10H11BrN2O. The fourth-order valence-electron chi connectivity index (χ4n) is 2.12. The van der Waals surface area contributed by atoms with Gasteiger partial charge in [0.05, 0.1) is 24.1 Å². The molecule has 2 bridgehead atoms. The summed E-state index contributed by atoms with van der Waals surface area (Å²) in [6.07, 6.45) is 4.06. The Kier molecular flexibility index (Phi) is 1.99. The molecule has 0 saturated carbocycles. The molecule has 4 heteroatoms. The lowest BCUT2D eigenvalue weighted by Gasteiger charge is -2.47. The zero-order chi connectivity index (χ0) is 9.54. The van der Waals surface area contributed by atoms with Gasteiger partial charge in [0.2, 0.25) is 0 Å². The first-order chi connectivity index (χ1) is 6.81. The van der Waals surface area contributed by atoms with E-state index in [0.29, 0.717) is 12.2 Å². The maximum absolute atomic E-state index is 5.58. The van der Waals surface area contributed by atoms with Crippen molar-refractivity contribution in [2.45, 2.75) is 18.6 Å². The minimum Gasteiger partial charge on any atom is -0.371 e. The zero-order valence-electron chi connectivity index (χ0n) is 7.69. The first-order valence-corrected chi connectivity index (χ1v) is 5.62. The normalized spacial score (nSPS) is 29.9. The number of hydrogen-bond acceptors (Lipinski definition) is 3. The molecule has 3 aliphatic rings. The molecule has 2 unspecified atom stereocenters. The van der Waals surface area contributed by atoms with Gasteiger partial charge in [-0.05, 0) is 28.1 Å². The summed E-state index contributed by atoms with van der Waals surface area (Å²) in [4.78, 5) is 6.58. The molecule has 1 aromatic heterocycles. The van der Waals surface area contributed by atoms with Gasteiger partial charge in [0.25, 0.3) is 0 Å². The molecule has 4 heterocycles. The predicted octanol–water partition coefficient (Wildman–Crippen LogP) is 1.82. The second-order valence-corrected chi connectivity index (χ2v) is 4.67. The van der Waals surface area contributed by atoms with Crippen molar-refractivity contribution in [2.24, 2.45) is 0 Å². The van der Waals surface area contributed by atoms with Crippen LogP contribution in [0, 0.1) is 0 Å². The van der Waals surface area contributed by atoms with Gasteiger partial charge in [0, 0.05) is 19.5 Å². The van der Waals surface area contributed by atoms with Crippen molar-refractivity contribution < 1.29 is 4.74 Å². The Hall–Kier alpha value is -0.610. The molecule has 14 heavy (non-hydrogen) atoms. The molecule has 0 aromatic carbocycles. The van der Waals surface area contributed by atoms with Crippen LogP contribution in [0.3, 0.4) is 0 Å². The molecule has 3 fully saturated rings. The van der Waals surface area contributed by atoms with Crippen molar-refractivity contribution in [3.05, 3.63) is 22.9 Å². The van der Waals surface area contributed by atoms with E-state index in [1.54, 1.807) is 0 Å². The van der Waals surface area contributed by atoms with E-state index in [9.17, 15) is 0 Å². The maximum atomic E-state index is 5.58. The molecule has 3 aliphatic heterocycles. The highest BCUT2D eigenvalue weighted by Gasteiger charge is 2.38. The average Bonchev–Trinajstić information content (AvgIpc) is 2.18. The van der Waals surface area contributed by atoms with Crippen LogP contribution in [0.1, 0.15) is 6.42 Å². The summed E-state index contributed by atoms with van der Waals surface area (Å²) < 4.78 is 6.47. The summed E-state index contributed by atoms with van der Waals surface area (Å²) in [5.74, 6) is 0. The molecule has 0 amide bonds. The lowest BCUT2D eigenvalue weighted by molar-refractivity contribution is -0.133. The number of anilines is 1. The first kappa shape index (κ1) is 8.68. The number of nitrogens with zero attached hydrogens (tertiary/aromatic N) is 2. The monoisotopic (exact) mass is 254 g/mol. The number of piperidine rings is 1. The van der Waals surface area contributed by atoms with Crippen LogP contribution in [0.2, 0.25) is 0 Å². The molecular weight excluding hydrogens is 244 g/mol. The van der Waals surface area contributed by atoms with Gasteiger partial charge in [-0.2, -0.15) is 0 Å².